The Balaban J connectivity index is 2.43. The number of methoxy groups -OCH3 is 1. The van der Waals surface area contributed by atoms with Gasteiger partial charge in [-0.05, 0) is 11.5 Å². The van der Waals surface area contributed by atoms with E-state index >= 15 is 0 Å². The summed E-state index contributed by atoms with van der Waals surface area (Å²) < 4.78 is 5.22. The number of benzene rings is 1. The van der Waals surface area contributed by atoms with E-state index in [1.54, 1.807) is 7.11 Å². The molecule has 0 atom stereocenters. The van der Waals surface area contributed by atoms with E-state index in [-0.39, 0.29) is 11.4 Å². The van der Waals surface area contributed by atoms with E-state index in [0.29, 0.717) is 13.1 Å². The van der Waals surface area contributed by atoms with Gasteiger partial charge >= 0.3 is 6.03 Å². The van der Waals surface area contributed by atoms with Crippen molar-refractivity contribution in [2.24, 2.45) is 5.41 Å². The summed E-state index contributed by atoms with van der Waals surface area (Å²) in [6, 6.07) is 7.48. The fraction of sp³-hybridized carbons (Fsp3) is 0.500. The van der Waals surface area contributed by atoms with E-state index in [1.807, 2.05) is 24.3 Å². The number of amides is 2. The number of carbonyl (C=O) groups excluding carboxylic acids is 1. The summed E-state index contributed by atoms with van der Waals surface area (Å²) in [5.41, 5.74) is 1.05. The van der Waals surface area contributed by atoms with E-state index in [1.165, 1.54) is 0 Å². The van der Waals surface area contributed by atoms with Crippen LogP contribution in [0.5, 0.6) is 5.75 Å². The molecule has 0 spiro atoms. The smallest absolute Gasteiger partial charge is 0.315 e. The molecule has 100 valence electrons. The Hall–Kier alpha value is -1.71. The zero-order chi connectivity index (χ0) is 13.6. The van der Waals surface area contributed by atoms with Crippen molar-refractivity contribution < 1.29 is 9.53 Å². The van der Waals surface area contributed by atoms with Crippen LogP contribution in [0.2, 0.25) is 0 Å². The molecule has 0 radical (unpaired) electrons. The maximum atomic E-state index is 11.6. The highest BCUT2D eigenvalue weighted by Gasteiger charge is 2.11. The molecular formula is C14H22N2O2. The van der Waals surface area contributed by atoms with Crippen LogP contribution in [-0.2, 0) is 6.54 Å². The molecule has 0 saturated heterocycles. The number of hydrogen-bond donors (Lipinski definition) is 2. The van der Waals surface area contributed by atoms with Crippen molar-refractivity contribution in [1.82, 2.24) is 10.6 Å². The first kappa shape index (κ1) is 14.4. The first-order chi connectivity index (χ1) is 8.42. The van der Waals surface area contributed by atoms with Crippen molar-refractivity contribution in [3.05, 3.63) is 29.8 Å². The topological polar surface area (TPSA) is 50.4 Å². The molecule has 4 heteroatoms. The summed E-state index contributed by atoms with van der Waals surface area (Å²) >= 11 is 0. The lowest BCUT2D eigenvalue weighted by atomic mass is 9.97. The number of rotatable bonds is 4. The molecule has 1 aromatic rings. The monoisotopic (exact) mass is 250 g/mol. The molecule has 0 bridgehead atoms. The Morgan fingerprint density at radius 1 is 1.22 bits per heavy atom. The third kappa shape index (κ3) is 5.08. The van der Waals surface area contributed by atoms with E-state index in [0.717, 1.165) is 11.3 Å². The molecule has 1 rings (SSSR count). The van der Waals surface area contributed by atoms with Crippen molar-refractivity contribution in [3.8, 4) is 5.75 Å². The van der Waals surface area contributed by atoms with Crippen LogP contribution < -0.4 is 15.4 Å². The van der Waals surface area contributed by atoms with Gasteiger partial charge in [-0.3, -0.25) is 0 Å². The highest BCUT2D eigenvalue weighted by atomic mass is 16.5. The Kier molecular flexibility index (Phi) is 5.01. The number of urea groups is 1. The lowest BCUT2D eigenvalue weighted by Gasteiger charge is -2.19. The van der Waals surface area contributed by atoms with Crippen molar-refractivity contribution in [2.45, 2.75) is 27.3 Å². The van der Waals surface area contributed by atoms with E-state index in [4.69, 9.17) is 4.74 Å². The fourth-order valence-corrected chi connectivity index (χ4v) is 1.43. The first-order valence-corrected chi connectivity index (χ1v) is 6.06. The summed E-state index contributed by atoms with van der Waals surface area (Å²) in [5, 5.41) is 5.66. The van der Waals surface area contributed by atoms with Crippen molar-refractivity contribution in [1.29, 1.82) is 0 Å². The van der Waals surface area contributed by atoms with Crippen LogP contribution in [0.4, 0.5) is 4.79 Å². The van der Waals surface area contributed by atoms with Crippen LogP contribution in [0.15, 0.2) is 24.3 Å². The van der Waals surface area contributed by atoms with Crippen LogP contribution in [-0.4, -0.2) is 19.7 Å². The average Bonchev–Trinajstić information content (AvgIpc) is 2.33. The third-order valence-electron chi connectivity index (χ3n) is 2.41. The zero-order valence-corrected chi connectivity index (χ0v) is 11.5. The van der Waals surface area contributed by atoms with Crippen LogP contribution in [0.1, 0.15) is 26.3 Å². The van der Waals surface area contributed by atoms with Gasteiger partial charge in [0.05, 0.1) is 7.11 Å². The average molecular weight is 250 g/mol. The second-order valence-electron chi connectivity index (χ2n) is 5.41. The van der Waals surface area contributed by atoms with Gasteiger partial charge < -0.3 is 15.4 Å². The molecule has 1 aromatic carbocycles. The molecule has 0 aliphatic heterocycles. The summed E-state index contributed by atoms with van der Waals surface area (Å²) in [6.45, 7) is 7.33. The predicted octanol–water partition coefficient (Wildman–Crippen LogP) is 2.54. The van der Waals surface area contributed by atoms with Crippen LogP contribution in [0.25, 0.3) is 0 Å². The molecule has 0 saturated carbocycles. The largest absolute Gasteiger partial charge is 0.496 e. The summed E-state index contributed by atoms with van der Waals surface area (Å²) in [5.74, 6) is 0.786. The second kappa shape index (κ2) is 6.28. The molecular weight excluding hydrogens is 228 g/mol. The molecule has 0 aliphatic carbocycles. The molecule has 4 nitrogen and oxygen atoms in total. The SMILES string of the molecule is COc1ccccc1CNC(=O)NCC(C)(C)C. The predicted molar refractivity (Wildman–Crippen MR) is 72.7 cm³/mol. The Labute approximate surface area is 109 Å². The minimum atomic E-state index is -0.157. The maximum absolute atomic E-state index is 11.6. The Bertz CT molecular complexity index is 397. The summed E-state index contributed by atoms with van der Waals surface area (Å²) in [7, 11) is 1.62. The molecule has 0 fully saturated rings. The van der Waals surface area contributed by atoms with Crippen LogP contribution in [0, 0.1) is 5.41 Å². The first-order valence-electron chi connectivity index (χ1n) is 6.06. The minimum Gasteiger partial charge on any atom is -0.496 e. The standard InChI is InChI=1S/C14H22N2O2/c1-14(2,3)10-16-13(17)15-9-11-7-5-6-8-12(11)18-4/h5-8H,9-10H2,1-4H3,(H2,15,16,17). The number of para-hydroxylation sites is 1. The van der Waals surface area contributed by atoms with E-state index < -0.39 is 0 Å². The second-order valence-corrected chi connectivity index (χ2v) is 5.41. The van der Waals surface area contributed by atoms with E-state index in [2.05, 4.69) is 31.4 Å². The van der Waals surface area contributed by atoms with Crippen molar-refractivity contribution in [3.63, 3.8) is 0 Å². The zero-order valence-electron chi connectivity index (χ0n) is 11.5. The van der Waals surface area contributed by atoms with Gasteiger partial charge in [-0.2, -0.15) is 0 Å². The minimum absolute atomic E-state index is 0.0851. The third-order valence-corrected chi connectivity index (χ3v) is 2.41. The van der Waals surface area contributed by atoms with Gasteiger partial charge in [-0.25, -0.2) is 4.79 Å². The highest BCUT2D eigenvalue weighted by molar-refractivity contribution is 5.73. The van der Waals surface area contributed by atoms with Crippen molar-refractivity contribution in [2.75, 3.05) is 13.7 Å². The number of ether oxygens (including phenoxy) is 1. The van der Waals surface area contributed by atoms with E-state index in [9.17, 15) is 4.79 Å². The van der Waals surface area contributed by atoms with Gasteiger partial charge in [0.2, 0.25) is 0 Å². The lowest BCUT2D eigenvalue weighted by molar-refractivity contribution is 0.235. The Morgan fingerprint density at radius 3 is 2.50 bits per heavy atom. The van der Waals surface area contributed by atoms with Crippen LogP contribution >= 0.6 is 0 Å². The van der Waals surface area contributed by atoms with Gasteiger partial charge in [-0.15, -0.1) is 0 Å². The number of hydrogen-bond acceptors (Lipinski definition) is 2. The lowest BCUT2D eigenvalue weighted by Crippen LogP contribution is -2.39. The summed E-state index contributed by atoms with van der Waals surface area (Å²) in [4.78, 5) is 11.6. The molecule has 0 unspecified atom stereocenters. The maximum Gasteiger partial charge on any atom is 0.315 e. The van der Waals surface area contributed by atoms with Crippen LogP contribution in [0.3, 0.4) is 0 Å². The van der Waals surface area contributed by atoms with Crippen molar-refractivity contribution >= 4 is 6.03 Å². The van der Waals surface area contributed by atoms with Gasteiger partial charge in [0.1, 0.15) is 5.75 Å². The van der Waals surface area contributed by atoms with Gasteiger partial charge in [-0.1, -0.05) is 39.0 Å². The van der Waals surface area contributed by atoms with Gasteiger partial charge in [0, 0.05) is 18.7 Å². The molecule has 0 heterocycles. The molecule has 0 aliphatic rings. The molecule has 18 heavy (non-hydrogen) atoms. The molecule has 2 amide bonds. The quantitative estimate of drug-likeness (QED) is 0.862. The highest BCUT2D eigenvalue weighted by Crippen LogP contribution is 2.16. The van der Waals surface area contributed by atoms with Gasteiger partial charge in [0.25, 0.3) is 0 Å². The number of nitrogens with one attached hydrogen (secondary N) is 2. The summed E-state index contributed by atoms with van der Waals surface area (Å²) in [6.07, 6.45) is 0. The molecule has 0 aromatic heterocycles. The Morgan fingerprint density at radius 2 is 1.89 bits per heavy atom. The number of carbonyl (C=O) groups is 1. The molecule has 2 N–H and O–H groups in total. The normalized spacial score (nSPS) is 10.9. The fourth-order valence-electron chi connectivity index (χ4n) is 1.43. The van der Waals surface area contributed by atoms with Gasteiger partial charge in [0.15, 0.2) is 0 Å².